The van der Waals surface area contributed by atoms with Crippen molar-refractivity contribution in [2.75, 3.05) is 13.1 Å². The molecule has 5 nitrogen and oxygen atoms in total. The summed E-state index contributed by atoms with van der Waals surface area (Å²) in [6.45, 7) is 3.34. The minimum Gasteiger partial charge on any atom is -0.348 e. The molecule has 1 aliphatic carbocycles. The van der Waals surface area contributed by atoms with Crippen LogP contribution >= 0.6 is 0 Å². The summed E-state index contributed by atoms with van der Waals surface area (Å²) < 4.78 is 0. The number of carbonyl (C=O) groups excluding carboxylic acids is 2. The second-order valence-electron chi connectivity index (χ2n) is 8.96. The predicted molar refractivity (Wildman–Crippen MR) is 116 cm³/mol. The van der Waals surface area contributed by atoms with Crippen molar-refractivity contribution in [1.29, 1.82) is 0 Å². The Morgan fingerprint density at radius 2 is 1.86 bits per heavy atom. The van der Waals surface area contributed by atoms with Crippen molar-refractivity contribution in [2.24, 2.45) is 11.7 Å². The van der Waals surface area contributed by atoms with E-state index in [9.17, 15) is 9.59 Å². The number of fused-ring (bicyclic) bond motifs is 1. The number of benzene rings is 2. The van der Waals surface area contributed by atoms with E-state index in [1.807, 2.05) is 54.3 Å². The van der Waals surface area contributed by atoms with E-state index in [0.717, 1.165) is 55.8 Å². The van der Waals surface area contributed by atoms with Crippen molar-refractivity contribution in [3.63, 3.8) is 0 Å². The SMILES string of the molecule is CC1(N)CCCCC1C(=O)N1CCCC(NC(=O)c2ccc3ccccc3c2)C1. The summed E-state index contributed by atoms with van der Waals surface area (Å²) in [5, 5.41) is 5.32. The molecule has 4 rings (SSSR count). The third-order valence-corrected chi connectivity index (χ3v) is 6.63. The van der Waals surface area contributed by atoms with Crippen molar-refractivity contribution < 1.29 is 9.59 Å². The Kier molecular flexibility index (Phi) is 5.59. The Morgan fingerprint density at radius 1 is 1.07 bits per heavy atom. The molecule has 2 aromatic rings. The number of rotatable bonds is 3. The highest BCUT2D eigenvalue weighted by atomic mass is 16.2. The highest BCUT2D eigenvalue weighted by Crippen LogP contribution is 2.33. The molecule has 2 aromatic carbocycles. The number of nitrogens with zero attached hydrogens (tertiary/aromatic N) is 1. The lowest BCUT2D eigenvalue weighted by atomic mass is 9.74. The van der Waals surface area contributed by atoms with Crippen molar-refractivity contribution >= 4 is 22.6 Å². The number of amides is 2. The molecule has 1 heterocycles. The first kappa shape index (κ1) is 19.9. The van der Waals surface area contributed by atoms with Crippen molar-refractivity contribution in [3.8, 4) is 0 Å². The number of nitrogens with two attached hydrogens (primary N) is 1. The van der Waals surface area contributed by atoms with Gasteiger partial charge < -0.3 is 16.0 Å². The average Bonchev–Trinajstić information content (AvgIpc) is 2.73. The van der Waals surface area contributed by atoms with Crippen LogP contribution in [0.15, 0.2) is 42.5 Å². The molecule has 0 spiro atoms. The fraction of sp³-hybridized carbons (Fsp3) is 0.500. The van der Waals surface area contributed by atoms with Crippen LogP contribution in [0, 0.1) is 5.92 Å². The van der Waals surface area contributed by atoms with E-state index < -0.39 is 5.54 Å². The van der Waals surface area contributed by atoms with Gasteiger partial charge in [-0.1, -0.05) is 43.2 Å². The summed E-state index contributed by atoms with van der Waals surface area (Å²) in [6, 6.07) is 13.8. The molecule has 0 bridgehead atoms. The molecule has 2 amide bonds. The zero-order valence-electron chi connectivity index (χ0n) is 17.2. The molecular formula is C24H31N3O2. The molecule has 3 atom stereocenters. The van der Waals surface area contributed by atoms with Gasteiger partial charge in [-0.2, -0.15) is 0 Å². The van der Waals surface area contributed by atoms with Crippen LogP contribution in [0.5, 0.6) is 0 Å². The third-order valence-electron chi connectivity index (χ3n) is 6.63. The molecule has 1 saturated carbocycles. The highest BCUT2D eigenvalue weighted by Gasteiger charge is 2.40. The molecule has 2 fully saturated rings. The van der Waals surface area contributed by atoms with E-state index in [-0.39, 0.29) is 23.8 Å². The first-order valence-electron chi connectivity index (χ1n) is 10.8. The van der Waals surface area contributed by atoms with Crippen LogP contribution in [0.25, 0.3) is 10.8 Å². The average molecular weight is 394 g/mol. The maximum atomic E-state index is 13.1. The van der Waals surface area contributed by atoms with Gasteiger partial charge in [0.05, 0.1) is 5.92 Å². The van der Waals surface area contributed by atoms with Gasteiger partial charge in [0.1, 0.15) is 0 Å². The third kappa shape index (κ3) is 4.30. The largest absolute Gasteiger partial charge is 0.348 e. The van der Waals surface area contributed by atoms with Crippen LogP contribution in [-0.4, -0.2) is 41.4 Å². The van der Waals surface area contributed by atoms with Gasteiger partial charge >= 0.3 is 0 Å². The normalized spacial score (nSPS) is 27.6. The minimum absolute atomic E-state index is 0.0145. The molecule has 0 radical (unpaired) electrons. The lowest BCUT2D eigenvalue weighted by molar-refractivity contribution is -0.140. The summed E-state index contributed by atoms with van der Waals surface area (Å²) in [6.07, 6.45) is 5.74. The lowest BCUT2D eigenvalue weighted by Crippen LogP contribution is -2.57. The molecule has 1 aliphatic heterocycles. The number of piperidine rings is 1. The number of hydrogen-bond donors (Lipinski definition) is 2. The van der Waals surface area contributed by atoms with Crippen molar-refractivity contribution in [3.05, 3.63) is 48.0 Å². The Labute approximate surface area is 172 Å². The summed E-state index contributed by atoms with van der Waals surface area (Å²) in [7, 11) is 0. The van der Waals surface area contributed by atoms with E-state index in [4.69, 9.17) is 5.73 Å². The van der Waals surface area contributed by atoms with E-state index in [1.165, 1.54) is 0 Å². The fourth-order valence-corrected chi connectivity index (χ4v) is 4.88. The van der Waals surface area contributed by atoms with Gasteiger partial charge in [-0.05, 0) is 55.5 Å². The summed E-state index contributed by atoms with van der Waals surface area (Å²) in [5.41, 5.74) is 6.69. The highest BCUT2D eigenvalue weighted by molar-refractivity contribution is 5.98. The Balaban J connectivity index is 1.41. The molecule has 3 unspecified atom stereocenters. The Bertz CT molecular complexity index is 908. The topological polar surface area (TPSA) is 75.4 Å². The van der Waals surface area contributed by atoms with E-state index >= 15 is 0 Å². The van der Waals surface area contributed by atoms with Crippen LogP contribution in [0.4, 0.5) is 0 Å². The standard InChI is InChI=1S/C24H31N3O2/c1-24(25)13-5-4-10-21(24)23(29)27-14-6-9-20(16-27)26-22(28)19-12-11-17-7-2-3-8-18(17)15-19/h2-3,7-8,11-12,15,20-21H,4-6,9-10,13-14,16,25H2,1H3,(H,26,28). The lowest BCUT2D eigenvalue weighted by Gasteiger charge is -2.42. The predicted octanol–water partition coefficient (Wildman–Crippen LogP) is 3.47. The zero-order valence-corrected chi connectivity index (χ0v) is 17.2. The molecule has 29 heavy (non-hydrogen) atoms. The maximum Gasteiger partial charge on any atom is 0.251 e. The summed E-state index contributed by atoms with van der Waals surface area (Å²) in [4.78, 5) is 27.9. The Morgan fingerprint density at radius 3 is 2.66 bits per heavy atom. The van der Waals surface area contributed by atoms with Gasteiger partial charge in [0.25, 0.3) is 5.91 Å². The minimum atomic E-state index is -0.420. The quantitative estimate of drug-likeness (QED) is 0.838. The van der Waals surface area contributed by atoms with E-state index in [1.54, 1.807) is 0 Å². The van der Waals surface area contributed by atoms with Gasteiger partial charge in [-0.25, -0.2) is 0 Å². The molecule has 1 saturated heterocycles. The van der Waals surface area contributed by atoms with Crippen LogP contribution in [0.2, 0.25) is 0 Å². The molecule has 3 N–H and O–H groups in total. The van der Waals surface area contributed by atoms with E-state index in [2.05, 4.69) is 5.32 Å². The molecule has 5 heteroatoms. The molecule has 0 aromatic heterocycles. The summed E-state index contributed by atoms with van der Waals surface area (Å²) >= 11 is 0. The monoisotopic (exact) mass is 393 g/mol. The van der Waals surface area contributed by atoms with Gasteiger partial charge in [0, 0.05) is 30.2 Å². The molecular weight excluding hydrogens is 362 g/mol. The number of carbonyl (C=O) groups is 2. The summed E-state index contributed by atoms with van der Waals surface area (Å²) in [5.74, 6) is -0.0121. The molecule has 2 aliphatic rings. The van der Waals surface area contributed by atoms with Gasteiger partial charge in [-0.15, -0.1) is 0 Å². The first-order chi connectivity index (χ1) is 13.9. The van der Waals surface area contributed by atoms with Crippen LogP contribution in [-0.2, 0) is 4.79 Å². The fourth-order valence-electron chi connectivity index (χ4n) is 4.88. The van der Waals surface area contributed by atoms with Crippen LogP contribution in [0.1, 0.15) is 55.8 Å². The van der Waals surface area contributed by atoms with Gasteiger partial charge in [-0.3, -0.25) is 9.59 Å². The second kappa shape index (κ2) is 8.15. The van der Waals surface area contributed by atoms with Crippen molar-refractivity contribution in [1.82, 2.24) is 10.2 Å². The first-order valence-corrected chi connectivity index (χ1v) is 10.8. The van der Waals surface area contributed by atoms with E-state index in [0.29, 0.717) is 12.1 Å². The zero-order chi connectivity index (χ0) is 20.4. The van der Waals surface area contributed by atoms with Gasteiger partial charge in [0.2, 0.25) is 5.91 Å². The van der Waals surface area contributed by atoms with Crippen molar-refractivity contribution in [2.45, 2.75) is 57.0 Å². The second-order valence-corrected chi connectivity index (χ2v) is 8.96. The number of hydrogen-bond acceptors (Lipinski definition) is 3. The van der Waals surface area contributed by atoms with Crippen LogP contribution in [0.3, 0.4) is 0 Å². The van der Waals surface area contributed by atoms with Gasteiger partial charge in [0.15, 0.2) is 0 Å². The maximum absolute atomic E-state index is 13.1. The molecule has 154 valence electrons. The smallest absolute Gasteiger partial charge is 0.251 e. The number of nitrogens with one attached hydrogen (secondary N) is 1. The Hall–Kier alpha value is -2.40. The van der Waals surface area contributed by atoms with Crippen LogP contribution < -0.4 is 11.1 Å². The number of likely N-dealkylation sites (tertiary alicyclic amines) is 1.